The van der Waals surface area contributed by atoms with Crippen LogP contribution in [0.25, 0.3) is 11.0 Å². The number of aryl methyl sites for hydroxylation is 1. The van der Waals surface area contributed by atoms with Crippen LogP contribution in [0.15, 0.2) is 12.5 Å². The average Bonchev–Trinajstić information content (AvgIpc) is 2.76. The van der Waals surface area contributed by atoms with Crippen molar-refractivity contribution in [1.82, 2.24) is 19.7 Å². The first-order chi connectivity index (χ1) is 9.15. The highest BCUT2D eigenvalue weighted by atomic mass is 15.3. The van der Waals surface area contributed by atoms with Gasteiger partial charge in [-0.3, -0.25) is 4.68 Å². The van der Waals surface area contributed by atoms with Gasteiger partial charge in [-0.15, -0.1) is 0 Å². The highest BCUT2D eigenvalue weighted by Gasteiger charge is 2.26. The number of anilines is 1. The molecule has 1 fully saturated rings. The first-order valence-corrected chi connectivity index (χ1v) is 7.04. The van der Waals surface area contributed by atoms with Crippen molar-refractivity contribution in [3.05, 3.63) is 12.5 Å². The molecule has 2 heterocycles. The molecule has 2 aromatic rings. The van der Waals surface area contributed by atoms with Crippen LogP contribution in [-0.2, 0) is 7.05 Å². The van der Waals surface area contributed by atoms with Crippen LogP contribution in [-0.4, -0.2) is 25.8 Å². The number of hydrogen-bond acceptors (Lipinski definition) is 4. The molecule has 1 saturated carbocycles. The molecule has 1 aliphatic carbocycles. The maximum absolute atomic E-state index is 4.39. The third-order valence-electron chi connectivity index (χ3n) is 4.28. The van der Waals surface area contributed by atoms with E-state index in [9.17, 15) is 0 Å². The van der Waals surface area contributed by atoms with Crippen LogP contribution in [0.1, 0.15) is 33.1 Å². The molecule has 3 unspecified atom stereocenters. The van der Waals surface area contributed by atoms with E-state index in [2.05, 4.69) is 34.2 Å². The minimum absolute atomic E-state index is 0.509. The van der Waals surface area contributed by atoms with Crippen LogP contribution in [0, 0.1) is 11.8 Å². The van der Waals surface area contributed by atoms with Crippen LogP contribution in [0.5, 0.6) is 0 Å². The lowest BCUT2D eigenvalue weighted by atomic mass is 9.80. The molecular weight excluding hydrogens is 238 g/mol. The van der Waals surface area contributed by atoms with Crippen LogP contribution in [0.3, 0.4) is 0 Å². The summed E-state index contributed by atoms with van der Waals surface area (Å²) in [6.45, 7) is 4.67. The summed E-state index contributed by atoms with van der Waals surface area (Å²) in [6, 6.07) is 0.509. The number of hydrogen-bond donors (Lipinski definition) is 1. The Kier molecular flexibility index (Phi) is 3.12. The fraction of sp³-hybridized carbons (Fsp3) is 0.643. The summed E-state index contributed by atoms with van der Waals surface area (Å²) in [5.41, 5.74) is 0.884. The molecular formula is C14H21N5. The Balaban J connectivity index is 1.85. The summed E-state index contributed by atoms with van der Waals surface area (Å²) in [5, 5.41) is 8.87. The van der Waals surface area contributed by atoms with Crippen molar-refractivity contribution in [2.24, 2.45) is 18.9 Å². The summed E-state index contributed by atoms with van der Waals surface area (Å²) in [5.74, 6) is 2.45. The van der Waals surface area contributed by atoms with Gasteiger partial charge in [0.25, 0.3) is 0 Å². The van der Waals surface area contributed by atoms with Crippen LogP contribution < -0.4 is 5.32 Å². The predicted molar refractivity (Wildman–Crippen MR) is 75.9 cm³/mol. The minimum Gasteiger partial charge on any atom is -0.366 e. The molecule has 102 valence electrons. The zero-order chi connectivity index (χ0) is 13.4. The minimum atomic E-state index is 0.509. The lowest BCUT2D eigenvalue weighted by molar-refractivity contribution is 0.276. The van der Waals surface area contributed by atoms with E-state index >= 15 is 0 Å². The van der Waals surface area contributed by atoms with Crippen LogP contribution in [0.2, 0.25) is 0 Å². The van der Waals surface area contributed by atoms with Crippen LogP contribution >= 0.6 is 0 Å². The molecule has 0 saturated heterocycles. The lowest BCUT2D eigenvalue weighted by Gasteiger charge is -2.33. The quantitative estimate of drug-likeness (QED) is 0.900. The molecule has 0 radical (unpaired) electrons. The van der Waals surface area contributed by atoms with E-state index in [1.54, 1.807) is 11.0 Å². The second kappa shape index (κ2) is 4.79. The van der Waals surface area contributed by atoms with E-state index in [4.69, 9.17) is 0 Å². The number of rotatable bonds is 2. The number of aromatic nitrogens is 4. The normalized spacial score (nSPS) is 27.6. The molecule has 0 bridgehead atoms. The van der Waals surface area contributed by atoms with E-state index in [1.807, 2.05) is 13.2 Å². The van der Waals surface area contributed by atoms with Crippen molar-refractivity contribution in [2.75, 3.05) is 5.32 Å². The van der Waals surface area contributed by atoms with Gasteiger partial charge in [-0.2, -0.15) is 5.10 Å². The van der Waals surface area contributed by atoms with Gasteiger partial charge in [0.2, 0.25) is 0 Å². The van der Waals surface area contributed by atoms with Gasteiger partial charge in [-0.05, 0) is 31.1 Å². The van der Waals surface area contributed by atoms with E-state index in [0.29, 0.717) is 12.0 Å². The van der Waals surface area contributed by atoms with Crippen molar-refractivity contribution in [3.63, 3.8) is 0 Å². The maximum atomic E-state index is 4.39. The number of nitrogens with zero attached hydrogens (tertiary/aromatic N) is 4. The van der Waals surface area contributed by atoms with Crippen molar-refractivity contribution < 1.29 is 0 Å². The first kappa shape index (κ1) is 12.4. The SMILES string of the molecule is CC1CCC(Nc2ncnc3c2cnn3C)C(C)C1. The van der Waals surface area contributed by atoms with Gasteiger partial charge in [0.05, 0.1) is 11.6 Å². The van der Waals surface area contributed by atoms with Gasteiger partial charge in [0, 0.05) is 13.1 Å². The van der Waals surface area contributed by atoms with Crippen molar-refractivity contribution in [2.45, 2.75) is 39.2 Å². The Morgan fingerprint density at radius 1 is 1.26 bits per heavy atom. The van der Waals surface area contributed by atoms with Gasteiger partial charge in [-0.1, -0.05) is 13.8 Å². The average molecular weight is 259 g/mol. The molecule has 5 heteroatoms. The fourth-order valence-electron chi connectivity index (χ4n) is 3.13. The smallest absolute Gasteiger partial charge is 0.163 e. The zero-order valence-electron chi connectivity index (χ0n) is 11.8. The Morgan fingerprint density at radius 3 is 2.89 bits per heavy atom. The summed E-state index contributed by atoms with van der Waals surface area (Å²) in [4.78, 5) is 8.67. The molecule has 3 rings (SSSR count). The van der Waals surface area contributed by atoms with Crippen molar-refractivity contribution >= 4 is 16.9 Å². The first-order valence-electron chi connectivity index (χ1n) is 7.04. The van der Waals surface area contributed by atoms with E-state index in [0.717, 1.165) is 22.8 Å². The third-order valence-corrected chi connectivity index (χ3v) is 4.28. The lowest BCUT2D eigenvalue weighted by Crippen LogP contribution is -2.33. The molecule has 19 heavy (non-hydrogen) atoms. The molecule has 3 atom stereocenters. The molecule has 2 aromatic heterocycles. The summed E-state index contributed by atoms with van der Waals surface area (Å²) in [7, 11) is 1.91. The van der Waals surface area contributed by atoms with Crippen LogP contribution in [0.4, 0.5) is 5.82 Å². The zero-order valence-corrected chi connectivity index (χ0v) is 11.8. The second-order valence-electron chi connectivity index (χ2n) is 5.87. The summed E-state index contributed by atoms with van der Waals surface area (Å²) >= 11 is 0. The monoisotopic (exact) mass is 259 g/mol. The third kappa shape index (κ3) is 2.29. The van der Waals surface area contributed by atoms with Gasteiger partial charge in [-0.25, -0.2) is 9.97 Å². The maximum Gasteiger partial charge on any atom is 0.163 e. The molecule has 0 aliphatic heterocycles. The highest BCUT2D eigenvalue weighted by molar-refractivity contribution is 5.86. The molecule has 0 amide bonds. The largest absolute Gasteiger partial charge is 0.366 e. The Morgan fingerprint density at radius 2 is 2.11 bits per heavy atom. The molecule has 0 spiro atoms. The molecule has 0 aromatic carbocycles. The predicted octanol–water partition coefficient (Wildman–Crippen LogP) is 2.60. The Labute approximate surface area is 113 Å². The fourth-order valence-corrected chi connectivity index (χ4v) is 3.13. The van der Waals surface area contributed by atoms with Gasteiger partial charge in [0.15, 0.2) is 5.65 Å². The topological polar surface area (TPSA) is 55.6 Å². The van der Waals surface area contributed by atoms with Crippen molar-refractivity contribution in [1.29, 1.82) is 0 Å². The summed E-state index contributed by atoms with van der Waals surface area (Å²) < 4.78 is 1.79. The standard InChI is InChI=1S/C14H21N5/c1-9-4-5-12(10(2)6-9)18-13-11-7-17-19(3)14(11)16-8-15-13/h7-10,12H,4-6H2,1-3H3,(H,15,16,18). The van der Waals surface area contributed by atoms with E-state index in [1.165, 1.54) is 19.3 Å². The Bertz CT molecular complexity index is 576. The number of nitrogens with one attached hydrogen (secondary N) is 1. The highest BCUT2D eigenvalue weighted by Crippen LogP contribution is 2.31. The van der Waals surface area contributed by atoms with Crippen molar-refractivity contribution in [3.8, 4) is 0 Å². The van der Waals surface area contributed by atoms with E-state index in [-0.39, 0.29) is 0 Å². The molecule has 1 aliphatic rings. The number of fused-ring (bicyclic) bond motifs is 1. The second-order valence-corrected chi connectivity index (χ2v) is 5.87. The molecule has 1 N–H and O–H groups in total. The molecule has 5 nitrogen and oxygen atoms in total. The van der Waals surface area contributed by atoms with Gasteiger partial charge < -0.3 is 5.32 Å². The van der Waals surface area contributed by atoms with Gasteiger partial charge >= 0.3 is 0 Å². The summed E-state index contributed by atoms with van der Waals surface area (Å²) in [6.07, 6.45) is 7.26. The Hall–Kier alpha value is -1.65. The van der Waals surface area contributed by atoms with Gasteiger partial charge in [0.1, 0.15) is 12.1 Å². The van der Waals surface area contributed by atoms with E-state index < -0.39 is 0 Å².